The van der Waals surface area contributed by atoms with Crippen LogP contribution in [0, 0.1) is 6.92 Å². The van der Waals surface area contributed by atoms with Crippen LogP contribution in [0.15, 0.2) is 54.7 Å². The zero-order valence-corrected chi connectivity index (χ0v) is 14.2. The van der Waals surface area contributed by atoms with Crippen molar-refractivity contribution in [1.29, 1.82) is 0 Å². The van der Waals surface area contributed by atoms with Gasteiger partial charge in [-0.2, -0.15) is 0 Å². The maximum absolute atomic E-state index is 12.6. The molecule has 4 heteroatoms. The SMILES string of the molecule is Cc1ccc(C(=O)Nc2ccc(CN(C)C)cn2)c2ccccc12. The lowest BCUT2D eigenvalue weighted by atomic mass is 10.00. The molecule has 0 radical (unpaired) electrons. The number of hydrogen-bond donors (Lipinski definition) is 1. The molecule has 1 amide bonds. The van der Waals surface area contributed by atoms with Gasteiger partial charge in [-0.25, -0.2) is 4.98 Å². The van der Waals surface area contributed by atoms with Gasteiger partial charge in [0.25, 0.3) is 5.91 Å². The monoisotopic (exact) mass is 319 g/mol. The fourth-order valence-corrected chi connectivity index (χ4v) is 2.79. The third-order valence-electron chi connectivity index (χ3n) is 3.95. The summed E-state index contributed by atoms with van der Waals surface area (Å²) in [5, 5.41) is 4.94. The topological polar surface area (TPSA) is 45.2 Å². The summed E-state index contributed by atoms with van der Waals surface area (Å²) in [6.45, 7) is 2.87. The van der Waals surface area contributed by atoms with Gasteiger partial charge in [0.1, 0.15) is 5.82 Å². The minimum absolute atomic E-state index is 0.140. The van der Waals surface area contributed by atoms with E-state index in [2.05, 4.69) is 22.1 Å². The van der Waals surface area contributed by atoms with Crippen molar-refractivity contribution >= 4 is 22.5 Å². The molecule has 0 aliphatic rings. The maximum atomic E-state index is 12.6. The molecule has 4 nitrogen and oxygen atoms in total. The Hall–Kier alpha value is -2.72. The number of rotatable bonds is 4. The minimum atomic E-state index is -0.140. The molecule has 0 aliphatic heterocycles. The highest BCUT2D eigenvalue weighted by molar-refractivity contribution is 6.13. The van der Waals surface area contributed by atoms with Gasteiger partial charge in [-0.3, -0.25) is 4.79 Å². The number of aromatic nitrogens is 1. The van der Waals surface area contributed by atoms with Gasteiger partial charge in [0, 0.05) is 18.3 Å². The summed E-state index contributed by atoms with van der Waals surface area (Å²) in [7, 11) is 4.02. The predicted molar refractivity (Wildman–Crippen MR) is 98.3 cm³/mol. The van der Waals surface area contributed by atoms with Crippen LogP contribution in [0.2, 0.25) is 0 Å². The average molecular weight is 319 g/mol. The summed E-state index contributed by atoms with van der Waals surface area (Å²) < 4.78 is 0. The van der Waals surface area contributed by atoms with Gasteiger partial charge in [-0.05, 0) is 55.1 Å². The second-order valence-corrected chi connectivity index (χ2v) is 6.22. The fraction of sp³-hybridized carbons (Fsp3) is 0.200. The standard InChI is InChI=1S/C20H21N3O/c1-14-8-10-18(17-7-5-4-6-16(14)17)20(24)22-19-11-9-15(12-21-19)13-23(2)3/h4-12H,13H2,1-3H3,(H,21,22,24). The van der Waals surface area contributed by atoms with Crippen molar-refractivity contribution in [2.24, 2.45) is 0 Å². The molecule has 3 rings (SSSR count). The van der Waals surface area contributed by atoms with Crippen LogP contribution in [0.5, 0.6) is 0 Å². The summed E-state index contributed by atoms with van der Waals surface area (Å²) in [6, 6.07) is 15.6. The Kier molecular flexibility index (Phi) is 4.58. The summed E-state index contributed by atoms with van der Waals surface area (Å²) in [5.74, 6) is 0.422. The second kappa shape index (κ2) is 6.81. The normalized spacial score (nSPS) is 11.0. The van der Waals surface area contributed by atoms with Gasteiger partial charge in [0.2, 0.25) is 0 Å². The molecule has 0 atom stereocenters. The molecule has 0 spiro atoms. The lowest BCUT2D eigenvalue weighted by molar-refractivity contribution is 0.102. The Morgan fingerprint density at radius 1 is 1.04 bits per heavy atom. The minimum Gasteiger partial charge on any atom is -0.307 e. The molecule has 0 fully saturated rings. The van der Waals surface area contributed by atoms with Crippen molar-refractivity contribution in [3.05, 3.63) is 71.4 Å². The molecule has 0 saturated carbocycles. The molecule has 0 saturated heterocycles. The Balaban J connectivity index is 1.84. The van der Waals surface area contributed by atoms with Crippen LogP contribution in [0.25, 0.3) is 10.8 Å². The first-order valence-corrected chi connectivity index (χ1v) is 7.94. The van der Waals surface area contributed by atoms with Gasteiger partial charge in [-0.1, -0.05) is 36.4 Å². The quantitative estimate of drug-likeness (QED) is 0.794. The number of carbonyl (C=O) groups is 1. The Morgan fingerprint density at radius 3 is 2.46 bits per heavy atom. The van der Waals surface area contributed by atoms with E-state index in [4.69, 9.17) is 0 Å². The lowest BCUT2D eigenvalue weighted by Gasteiger charge is -2.11. The molecule has 0 aliphatic carbocycles. The first-order chi connectivity index (χ1) is 11.5. The van der Waals surface area contributed by atoms with E-state index in [0.29, 0.717) is 11.4 Å². The predicted octanol–water partition coefficient (Wildman–Crippen LogP) is 3.86. The molecule has 0 unspecified atom stereocenters. The number of nitrogens with zero attached hydrogens (tertiary/aromatic N) is 2. The number of anilines is 1. The van der Waals surface area contributed by atoms with Gasteiger partial charge in [-0.15, -0.1) is 0 Å². The van der Waals surface area contributed by atoms with Gasteiger partial charge < -0.3 is 10.2 Å². The van der Waals surface area contributed by atoms with Crippen molar-refractivity contribution < 1.29 is 4.79 Å². The molecular formula is C20H21N3O. The number of hydrogen-bond acceptors (Lipinski definition) is 3. The third-order valence-corrected chi connectivity index (χ3v) is 3.95. The van der Waals surface area contributed by atoms with E-state index < -0.39 is 0 Å². The number of nitrogens with one attached hydrogen (secondary N) is 1. The third kappa shape index (κ3) is 3.44. The van der Waals surface area contributed by atoms with Crippen molar-refractivity contribution in [3.8, 4) is 0 Å². The van der Waals surface area contributed by atoms with E-state index in [1.807, 2.05) is 62.6 Å². The van der Waals surface area contributed by atoms with Crippen LogP contribution >= 0.6 is 0 Å². The summed E-state index contributed by atoms with van der Waals surface area (Å²) >= 11 is 0. The first-order valence-electron chi connectivity index (χ1n) is 7.94. The molecule has 2 aromatic carbocycles. The number of carbonyl (C=O) groups excluding carboxylic acids is 1. The molecule has 24 heavy (non-hydrogen) atoms. The highest BCUT2D eigenvalue weighted by atomic mass is 16.1. The van der Waals surface area contributed by atoms with Crippen molar-refractivity contribution in [2.75, 3.05) is 19.4 Å². The maximum Gasteiger partial charge on any atom is 0.257 e. The van der Waals surface area contributed by atoms with E-state index in [1.165, 1.54) is 0 Å². The zero-order chi connectivity index (χ0) is 17.1. The fourth-order valence-electron chi connectivity index (χ4n) is 2.79. The number of benzene rings is 2. The van der Waals surface area contributed by atoms with E-state index >= 15 is 0 Å². The van der Waals surface area contributed by atoms with Crippen LogP contribution in [0.4, 0.5) is 5.82 Å². The smallest absolute Gasteiger partial charge is 0.257 e. The molecule has 122 valence electrons. The molecule has 1 aromatic heterocycles. The highest BCUT2D eigenvalue weighted by Gasteiger charge is 2.12. The first kappa shape index (κ1) is 16.1. The summed E-state index contributed by atoms with van der Waals surface area (Å²) in [4.78, 5) is 19.1. The summed E-state index contributed by atoms with van der Waals surface area (Å²) in [5.41, 5.74) is 2.93. The Bertz CT molecular complexity index is 870. The van der Waals surface area contributed by atoms with Crippen molar-refractivity contribution in [1.82, 2.24) is 9.88 Å². The molecule has 3 aromatic rings. The largest absolute Gasteiger partial charge is 0.307 e. The van der Waals surface area contributed by atoms with E-state index in [1.54, 1.807) is 6.20 Å². The van der Waals surface area contributed by atoms with Crippen LogP contribution in [0.1, 0.15) is 21.5 Å². The van der Waals surface area contributed by atoms with Crippen LogP contribution < -0.4 is 5.32 Å². The molecule has 0 bridgehead atoms. The Morgan fingerprint density at radius 2 is 1.79 bits per heavy atom. The molecule has 1 heterocycles. The summed E-state index contributed by atoms with van der Waals surface area (Å²) in [6.07, 6.45) is 1.79. The number of aryl methyl sites for hydroxylation is 1. The van der Waals surface area contributed by atoms with E-state index in [9.17, 15) is 4.79 Å². The van der Waals surface area contributed by atoms with Gasteiger partial charge >= 0.3 is 0 Å². The van der Waals surface area contributed by atoms with Crippen LogP contribution in [-0.2, 0) is 6.54 Å². The number of amides is 1. The van der Waals surface area contributed by atoms with Crippen molar-refractivity contribution in [2.45, 2.75) is 13.5 Å². The van der Waals surface area contributed by atoms with Gasteiger partial charge in [0.15, 0.2) is 0 Å². The Labute approximate surface area is 142 Å². The zero-order valence-electron chi connectivity index (χ0n) is 14.2. The van der Waals surface area contributed by atoms with Crippen LogP contribution in [-0.4, -0.2) is 29.9 Å². The number of fused-ring (bicyclic) bond motifs is 1. The second-order valence-electron chi connectivity index (χ2n) is 6.22. The average Bonchev–Trinajstić information content (AvgIpc) is 2.57. The van der Waals surface area contributed by atoms with Crippen molar-refractivity contribution in [3.63, 3.8) is 0 Å². The molecule has 1 N–H and O–H groups in total. The van der Waals surface area contributed by atoms with E-state index in [-0.39, 0.29) is 5.91 Å². The number of pyridine rings is 1. The highest BCUT2D eigenvalue weighted by Crippen LogP contribution is 2.23. The van der Waals surface area contributed by atoms with Gasteiger partial charge in [0.05, 0.1) is 0 Å². The van der Waals surface area contributed by atoms with Crippen LogP contribution in [0.3, 0.4) is 0 Å². The molecular weight excluding hydrogens is 298 g/mol. The van der Waals surface area contributed by atoms with E-state index in [0.717, 1.165) is 28.4 Å². The lowest BCUT2D eigenvalue weighted by Crippen LogP contribution is -2.14.